The van der Waals surface area contributed by atoms with Gasteiger partial charge in [-0.25, -0.2) is 8.42 Å². The number of sulfone groups is 1. The van der Waals surface area contributed by atoms with Crippen LogP contribution < -0.4 is 11.1 Å². The topological polar surface area (TPSA) is 85.1 Å². The van der Waals surface area contributed by atoms with Gasteiger partial charge in [0.05, 0.1) is 0 Å². The Morgan fingerprint density at radius 1 is 1.60 bits per heavy atom. The summed E-state index contributed by atoms with van der Waals surface area (Å²) in [7, 11) is -3.29. The molecule has 1 aliphatic carbocycles. The number of anilines is 2. The number of nitrogens with one attached hydrogen (secondary N) is 1. The second-order valence-corrected chi connectivity index (χ2v) is 6.55. The van der Waals surface area contributed by atoms with Gasteiger partial charge >= 0.3 is 0 Å². The Kier molecular flexibility index (Phi) is 2.59. The zero-order chi connectivity index (χ0) is 11.1. The Balaban J connectivity index is 2.22. The number of nitrogens with two attached hydrogens (primary N) is 1. The van der Waals surface area contributed by atoms with Crippen LogP contribution in [0.15, 0.2) is 4.90 Å². The van der Waals surface area contributed by atoms with Crippen molar-refractivity contribution in [1.29, 1.82) is 0 Å². The molecule has 0 amide bonds. The molecule has 2 rings (SSSR count). The van der Waals surface area contributed by atoms with Crippen LogP contribution in [-0.2, 0) is 9.84 Å². The van der Waals surface area contributed by atoms with E-state index in [4.69, 9.17) is 5.73 Å². The molecule has 0 atom stereocenters. The van der Waals surface area contributed by atoms with Crippen molar-refractivity contribution in [3.05, 3.63) is 0 Å². The predicted molar refractivity (Wildman–Crippen MR) is 60.8 cm³/mol. The molecule has 1 heterocycles. The molecular formula is C8H13N3O2S2. The molecule has 5 nitrogen and oxygen atoms in total. The average molecular weight is 247 g/mol. The molecule has 84 valence electrons. The van der Waals surface area contributed by atoms with Gasteiger partial charge in [-0.15, -0.1) is 0 Å². The van der Waals surface area contributed by atoms with Gasteiger partial charge in [-0.3, -0.25) is 0 Å². The van der Waals surface area contributed by atoms with Gasteiger partial charge in [-0.05, 0) is 30.3 Å². The molecule has 15 heavy (non-hydrogen) atoms. The number of hydrogen-bond donors (Lipinski definition) is 2. The van der Waals surface area contributed by atoms with Crippen molar-refractivity contribution in [2.45, 2.75) is 17.7 Å². The molecule has 7 heteroatoms. The molecule has 0 radical (unpaired) electrons. The fourth-order valence-electron chi connectivity index (χ4n) is 1.32. The minimum absolute atomic E-state index is 0.0980. The third-order valence-corrected chi connectivity index (χ3v) is 4.40. The quantitative estimate of drug-likeness (QED) is 0.827. The van der Waals surface area contributed by atoms with Crippen LogP contribution in [0.2, 0.25) is 0 Å². The average Bonchev–Trinajstić information content (AvgIpc) is 2.85. The first-order valence-electron chi connectivity index (χ1n) is 4.67. The monoisotopic (exact) mass is 247 g/mol. The van der Waals surface area contributed by atoms with E-state index in [1.54, 1.807) is 0 Å². The van der Waals surface area contributed by atoms with E-state index in [-0.39, 0.29) is 10.7 Å². The summed E-state index contributed by atoms with van der Waals surface area (Å²) in [5, 5.41) is 3.67. The SMILES string of the molecule is CS(=O)(=O)c1c(N)nsc1NCC1CC1. The molecular weight excluding hydrogens is 234 g/mol. The smallest absolute Gasteiger partial charge is 0.182 e. The van der Waals surface area contributed by atoms with Crippen LogP contribution >= 0.6 is 11.5 Å². The Hall–Kier alpha value is -0.820. The van der Waals surface area contributed by atoms with Gasteiger partial charge in [0.25, 0.3) is 0 Å². The standard InChI is InChI=1S/C8H13N3O2S2/c1-15(12,13)6-7(9)11-14-8(6)10-4-5-2-3-5/h5,10H,2-4H2,1H3,(H2,9,11). The molecule has 0 aliphatic heterocycles. The summed E-state index contributed by atoms with van der Waals surface area (Å²) in [6.07, 6.45) is 3.58. The molecule has 0 bridgehead atoms. The molecule has 0 unspecified atom stereocenters. The van der Waals surface area contributed by atoms with Crippen molar-refractivity contribution < 1.29 is 8.42 Å². The molecule has 0 aromatic carbocycles. The fraction of sp³-hybridized carbons (Fsp3) is 0.625. The maximum atomic E-state index is 11.4. The molecule has 1 aromatic heterocycles. The minimum atomic E-state index is -3.29. The minimum Gasteiger partial charge on any atom is -0.382 e. The van der Waals surface area contributed by atoms with E-state index in [0.29, 0.717) is 10.9 Å². The van der Waals surface area contributed by atoms with Crippen LogP contribution in [0.4, 0.5) is 10.8 Å². The van der Waals surface area contributed by atoms with Crippen LogP contribution in [0.1, 0.15) is 12.8 Å². The summed E-state index contributed by atoms with van der Waals surface area (Å²) < 4.78 is 26.7. The third-order valence-electron chi connectivity index (χ3n) is 2.29. The summed E-state index contributed by atoms with van der Waals surface area (Å²) in [5.74, 6) is 0.779. The summed E-state index contributed by atoms with van der Waals surface area (Å²) in [4.78, 5) is 0.146. The zero-order valence-electron chi connectivity index (χ0n) is 8.36. The van der Waals surface area contributed by atoms with E-state index < -0.39 is 9.84 Å². The lowest BCUT2D eigenvalue weighted by Gasteiger charge is -2.04. The first kappa shape index (κ1) is 10.7. The molecule has 0 spiro atoms. The maximum absolute atomic E-state index is 11.4. The van der Waals surface area contributed by atoms with Crippen LogP contribution in [-0.4, -0.2) is 25.6 Å². The lowest BCUT2D eigenvalue weighted by atomic mass is 10.4. The third kappa shape index (κ3) is 2.40. The highest BCUT2D eigenvalue weighted by molar-refractivity contribution is 7.91. The van der Waals surface area contributed by atoms with E-state index in [1.165, 1.54) is 12.8 Å². The van der Waals surface area contributed by atoms with Gasteiger partial charge in [0.1, 0.15) is 9.90 Å². The number of rotatable bonds is 4. The van der Waals surface area contributed by atoms with Crippen molar-refractivity contribution in [2.75, 3.05) is 23.9 Å². The highest BCUT2D eigenvalue weighted by Crippen LogP contribution is 2.34. The maximum Gasteiger partial charge on any atom is 0.182 e. The summed E-state index contributed by atoms with van der Waals surface area (Å²) in [6, 6.07) is 0. The molecule has 1 fully saturated rings. The highest BCUT2D eigenvalue weighted by atomic mass is 32.2. The van der Waals surface area contributed by atoms with Gasteiger partial charge in [-0.2, -0.15) is 4.37 Å². The number of nitrogen functional groups attached to an aromatic ring is 1. The molecule has 1 aromatic rings. The van der Waals surface area contributed by atoms with Gasteiger partial charge < -0.3 is 11.1 Å². The summed E-state index contributed by atoms with van der Waals surface area (Å²) in [6.45, 7) is 0.810. The lowest BCUT2D eigenvalue weighted by Crippen LogP contribution is -2.07. The Labute approximate surface area is 92.8 Å². The Bertz CT molecular complexity index is 462. The van der Waals surface area contributed by atoms with Gasteiger partial charge in [-0.1, -0.05) is 0 Å². The lowest BCUT2D eigenvalue weighted by molar-refractivity contribution is 0.602. The first-order valence-corrected chi connectivity index (χ1v) is 7.34. The molecule has 1 saturated carbocycles. The van der Waals surface area contributed by atoms with Crippen LogP contribution in [0, 0.1) is 5.92 Å². The second kappa shape index (κ2) is 3.64. The largest absolute Gasteiger partial charge is 0.382 e. The predicted octanol–water partition coefficient (Wildman–Crippen LogP) is 0.951. The van der Waals surface area contributed by atoms with E-state index >= 15 is 0 Å². The van der Waals surface area contributed by atoms with Gasteiger partial charge in [0.15, 0.2) is 15.7 Å². The molecule has 3 N–H and O–H groups in total. The van der Waals surface area contributed by atoms with Crippen LogP contribution in [0.5, 0.6) is 0 Å². The van der Waals surface area contributed by atoms with Crippen molar-refractivity contribution in [1.82, 2.24) is 4.37 Å². The van der Waals surface area contributed by atoms with Crippen molar-refractivity contribution in [3.8, 4) is 0 Å². The molecule has 1 aliphatic rings. The fourth-order valence-corrected chi connectivity index (χ4v) is 3.40. The number of nitrogens with zero attached hydrogens (tertiary/aromatic N) is 1. The highest BCUT2D eigenvalue weighted by Gasteiger charge is 2.24. The van der Waals surface area contributed by atoms with E-state index in [9.17, 15) is 8.42 Å². The van der Waals surface area contributed by atoms with E-state index in [1.807, 2.05) is 0 Å². The Morgan fingerprint density at radius 3 is 2.80 bits per heavy atom. The molecule has 0 saturated heterocycles. The van der Waals surface area contributed by atoms with Crippen LogP contribution in [0.25, 0.3) is 0 Å². The van der Waals surface area contributed by atoms with Gasteiger partial charge in [0.2, 0.25) is 0 Å². The van der Waals surface area contributed by atoms with Crippen molar-refractivity contribution in [2.24, 2.45) is 5.92 Å². The normalized spacial score (nSPS) is 16.6. The van der Waals surface area contributed by atoms with Crippen molar-refractivity contribution >= 4 is 32.2 Å². The van der Waals surface area contributed by atoms with Gasteiger partial charge in [0, 0.05) is 12.8 Å². The first-order chi connectivity index (χ1) is 6.98. The number of hydrogen-bond acceptors (Lipinski definition) is 6. The summed E-state index contributed by atoms with van der Waals surface area (Å²) >= 11 is 1.11. The van der Waals surface area contributed by atoms with E-state index in [0.717, 1.165) is 24.3 Å². The zero-order valence-corrected chi connectivity index (χ0v) is 9.99. The second-order valence-electron chi connectivity index (χ2n) is 3.82. The van der Waals surface area contributed by atoms with Crippen molar-refractivity contribution in [3.63, 3.8) is 0 Å². The van der Waals surface area contributed by atoms with Crippen LogP contribution in [0.3, 0.4) is 0 Å². The summed E-state index contributed by atoms with van der Waals surface area (Å²) in [5.41, 5.74) is 5.53. The Morgan fingerprint density at radius 2 is 2.27 bits per heavy atom. The number of aromatic nitrogens is 1. The van der Waals surface area contributed by atoms with E-state index in [2.05, 4.69) is 9.69 Å².